The highest BCUT2D eigenvalue weighted by Crippen LogP contribution is 2.35. The second-order valence-electron chi connectivity index (χ2n) is 7.28. The minimum Gasteiger partial charge on any atom is -0.342 e. The average molecular weight is 329 g/mol. The number of likely N-dealkylation sites (N-methyl/N-ethyl adjacent to an activating group) is 1. The van der Waals surface area contributed by atoms with Gasteiger partial charge >= 0.3 is 0 Å². The van der Waals surface area contributed by atoms with Crippen LogP contribution in [0.4, 0.5) is 0 Å². The molecular formula is C15H27N3O3S. The highest BCUT2D eigenvalue weighted by molar-refractivity contribution is 7.88. The van der Waals surface area contributed by atoms with Crippen LogP contribution in [0.15, 0.2) is 0 Å². The Morgan fingerprint density at radius 2 is 1.91 bits per heavy atom. The Balaban J connectivity index is 1.74. The number of piperazine rings is 1. The Kier molecular flexibility index (Phi) is 4.24. The lowest BCUT2D eigenvalue weighted by Gasteiger charge is -2.48. The van der Waals surface area contributed by atoms with Gasteiger partial charge in [-0.25, -0.2) is 8.42 Å². The van der Waals surface area contributed by atoms with Crippen LogP contribution in [-0.2, 0) is 14.8 Å². The fraction of sp³-hybridized carbons (Fsp3) is 0.933. The minimum absolute atomic E-state index is 0.185. The molecule has 2 heterocycles. The fourth-order valence-electron chi connectivity index (χ4n) is 3.75. The van der Waals surface area contributed by atoms with Crippen LogP contribution in [0.1, 0.15) is 32.1 Å². The Hall–Kier alpha value is -0.660. The summed E-state index contributed by atoms with van der Waals surface area (Å²) in [5.74, 6) is 0.947. The second-order valence-corrected chi connectivity index (χ2v) is 9.26. The molecule has 0 aromatic carbocycles. The third kappa shape index (κ3) is 3.31. The van der Waals surface area contributed by atoms with E-state index >= 15 is 0 Å². The molecule has 1 aliphatic carbocycles. The van der Waals surface area contributed by atoms with Crippen molar-refractivity contribution in [1.82, 2.24) is 14.1 Å². The van der Waals surface area contributed by atoms with Gasteiger partial charge in [-0.2, -0.15) is 4.31 Å². The van der Waals surface area contributed by atoms with Crippen LogP contribution >= 0.6 is 0 Å². The van der Waals surface area contributed by atoms with Crippen LogP contribution in [0.2, 0.25) is 0 Å². The van der Waals surface area contributed by atoms with Crippen molar-refractivity contribution in [3.05, 3.63) is 0 Å². The van der Waals surface area contributed by atoms with Crippen molar-refractivity contribution in [2.75, 3.05) is 46.0 Å². The molecule has 0 N–H and O–H groups in total. The van der Waals surface area contributed by atoms with E-state index in [0.717, 1.165) is 32.5 Å². The van der Waals surface area contributed by atoms with E-state index in [2.05, 4.69) is 11.9 Å². The van der Waals surface area contributed by atoms with E-state index in [0.29, 0.717) is 25.4 Å². The predicted molar refractivity (Wildman–Crippen MR) is 84.9 cm³/mol. The first kappa shape index (κ1) is 16.2. The van der Waals surface area contributed by atoms with Crippen LogP contribution in [0, 0.1) is 5.92 Å². The summed E-state index contributed by atoms with van der Waals surface area (Å²) in [7, 11) is -1.09. The normalized spacial score (nSPS) is 32.5. The quantitative estimate of drug-likeness (QED) is 0.750. The van der Waals surface area contributed by atoms with E-state index in [-0.39, 0.29) is 11.4 Å². The molecule has 7 heteroatoms. The van der Waals surface area contributed by atoms with E-state index in [1.165, 1.54) is 19.1 Å². The van der Waals surface area contributed by atoms with Gasteiger partial charge < -0.3 is 4.90 Å². The molecule has 3 fully saturated rings. The molecule has 2 aliphatic heterocycles. The second kappa shape index (κ2) is 5.76. The highest BCUT2D eigenvalue weighted by atomic mass is 32.2. The van der Waals surface area contributed by atoms with Gasteiger partial charge in [0.2, 0.25) is 15.9 Å². The molecule has 0 radical (unpaired) electrons. The first-order chi connectivity index (χ1) is 10.3. The lowest BCUT2D eigenvalue weighted by Crippen LogP contribution is -2.61. The van der Waals surface area contributed by atoms with Crippen LogP contribution < -0.4 is 0 Å². The van der Waals surface area contributed by atoms with Gasteiger partial charge in [-0.1, -0.05) is 0 Å². The first-order valence-electron chi connectivity index (χ1n) is 8.24. The van der Waals surface area contributed by atoms with Gasteiger partial charge in [0.05, 0.1) is 6.26 Å². The molecule has 0 bridgehead atoms. The summed E-state index contributed by atoms with van der Waals surface area (Å²) in [5.41, 5.74) is -0.185. The number of rotatable bonds is 3. The van der Waals surface area contributed by atoms with Crippen LogP contribution in [0.5, 0.6) is 0 Å². The van der Waals surface area contributed by atoms with E-state index in [4.69, 9.17) is 0 Å². The first-order valence-corrected chi connectivity index (χ1v) is 10.1. The molecule has 126 valence electrons. The maximum Gasteiger partial charge on any atom is 0.222 e. The van der Waals surface area contributed by atoms with Crippen molar-refractivity contribution < 1.29 is 13.2 Å². The summed E-state index contributed by atoms with van der Waals surface area (Å²) < 4.78 is 25.4. The van der Waals surface area contributed by atoms with Crippen molar-refractivity contribution >= 4 is 15.9 Å². The Labute approximate surface area is 133 Å². The zero-order valence-corrected chi connectivity index (χ0v) is 14.4. The molecule has 0 aromatic heterocycles. The van der Waals surface area contributed by atoms with E-state index in [9.17, 15) is 13.2 Å². The topological polar surface area (TPSA) is 60.9 Å². The van der Waals surface area contributed by atoms with Crippen LogP contribution in [0.3, 0.4) is 0 Å². The van der Waals surface area contributed by atoms with Crippen molar-refractivity contribution in [1.29, 1.82) is 0 Å². The predicted octanol–water partition coefficient (Wildman–Crippen LogP) is 0.355. The highest BCUT2D eigenvalue weighted by Gasteiger charge is 2.44. The van der Waals surface area contributed by atoms with Crippen LogP contribution in [0.25, 0.3) is 0 Å². The summed E-state index contributed by atoms with van der Waals surface area (Å²) in [5, 5.41) is 0. The van der Waals surface area contributed by atoms with Crippen LogP contribution in [-0.4, -0.2) is 80.0 Å². The zero-order valence-electron chi connectivity index (χ0n) is 13.6. The molecule has 1 amide bonds. The van der Waals surface area contributed by atoms with Gasteiger partial charge in [0.25, 0.3) is 0 Å². The molecule has 1 spiro atoms. The van der Waals surface area contributed by atoms with Crippen molar-refractivity contribution in [2.24, 2.45) is 5.92 Å². The number of carbonyl (C=O) groups is 1. The van der Waals surface area contributed by atoms with E-state index in [1.54, 1.807) is 4.31 Å². The molecule has 6 nitrogen and oxygen atoms in total. The lowest BCUT2D eigenvalue weighted by atomic mass is 9.87. The number of hydrogen-bond acceptors (Lipinski definition) is 4. The van der Waals surface area contributed by atoms with Gasteiger partial charge in [0, 0.05) is 44.7 Å². The standard InChI is InChI=1S/C15H27N3O3S/c1-16-9-10-18(22(2,20)21)12-15(16)6-5-14(19)17(8-7-15)11-13-3-4-13/h13H,3-12H2,1-2H3. The monoisotopic (exact) mass is 329 g/mol. The summed E-state index contributed by atoms with van der Waals surface area (Å²) in [4.78, 5) is 16.7. The summed E-state index contributed by atoms with van der Waals surface area (Å²) >= 11 is 0. The van der Waals surface area contributed by atoms with Crippen molar-refractivity contribution in [3.8, 4) is 0 Å². The molecule has 22 heavy (non-hydrogen) atoms. The molecule has 2 saturated heterocycles. The summed E-state index contributed by atoms with van der Waals surface area (Å²) in [6.45, 7) is 3.47. The maximum atomic E-state index is 12.4. The molecule has 1 atom stereocenters. The number of likely N-dealkylation sites (tertiary alicyclic amines) is 1. The fourth-order valence-corrected chi connectivity index (χ4v) is 4.63. The number of hydrogen-bond donors (Lipinski definition) is 0. The Morgan fingerprint density at radius 3 is 2.55 bits per heavy atom. The molecule has 3 aliphatic rings. The molecule has 3 rings (SSSR count). The number of amides is 1. The van der Waals surface area contributed by atoms with E-state index < -0.39 is 10.0 Å². The number of sulfonamides is 1. The molecule has 0 aromatic rings. The van der Waals surface area contributed by atoms with Crippen molar-refractivity contribution in [2.45, 2.75) is 37.6 Å². The molecule has 1 saturated carbocycles. The van der Waals surface area contributed by atoms with E-state index in [1.807, 2.05) is 4.90 Å². The van der Waals surface area contributed by atoms with Gasteiger partial charge in [-0.3, -0.25) is 9.69 Å². The third-order valence-corrected chi connectivity index (χ3v) is 6.86. The molecule has 1 unspecified atom stereocenters. The minimum atomic E-state index is -3.16. The van der Waals surface area contributed by atoms with Gasteiger partial charge in [0.15, 0.2) is 0 Å². The summed E-state index contributed by atoms with van der Waals surface area (Å²) in [6.07, 6.45) is 5.94. The Bertz CT molecular complexity index is 546. The average Bonchev–Trinajstić information content (AvgIpc) is 3.26. The third-order valence-electron chi connectivity index (χ3n) is 5.61. The van der Waals surface area contributed by atoms with Gasteiger partial charge in [0.1, 0.15) is 0 Å². The molecular weight excluding hydrogens is 302 g/mol. The zero-order chi connectivity index (χ0) is 16.0. The number of carbonyl (C=O) groups excluding carboxylic acids is 1. The van der Waals surface area contributed by atoms with Crippen molar-refractivity contribution in [3.63, 3.8) is 0 Å². The smallest absolute Gasteiger partial charge is 0.222 e. The van der Waals surface area contributed by atoms with Gasteiger partial charge in [-0.05, 0) is 38.6 Å². The Morgan fingerprint density at radius 1 is 1.18 bits per heavy atom. The number of nitrogens with zero attached hydrogens (tertiary/aromatic N) is 3. The lowest BCUT2D eigenvalue weighted by molar-refractivity contribution is -0.130. The SMILES string of the molecule is CN1CCN(S(C)(=O)=O)CC12CCC(=O)N(CC1CC1)CC2. The maximum absolute atomic E-state index is 12.4. The van der Waals surface area contributed by atoms with Gasteiger partial charge in [-0.15, -0.1) is 0 Å². The summed E-state index contributed by atoms with van der Waals surface area (Å²) in [6, 6.07) is 0. The largest absolute Gasteiger partial charge is 0.342 e.